The highest BCUT2D eigenvalue weighted by molar-refractivity contribution is 7.71. The number of carbonyl (C=O) groups excluding carboxylic acids is 1. The monoisotopic (exact) mass is 296 g/mol. The molecule has 0 saturated carbocycles. The summed E-state index contributed by atoms with van der Waals surface area (Å²) in [5.41, 5.74) is 1.08. The molecule has 0 unspecified atom stereocenters. The number of nitrogens with one attached hydrogen (secondary N) is 2. The molecule has 19 heavy (non-hydrogen) atoms. The van der Waals surface area contributed by atoms with Crippen molar-refractivity contribution < 1.29 is 4.79 Å². The summed E-state index contributed by atoms with van der Waals surface area (Å²) in [5.74, 6) is 0.693. The summed E-state index contributed by atoms with van der Waals surface area (Å²) in [6, 6.07) is 1.99. The first-order valence-corrected chi connectivity index (χ1v) is 7.44. The average molecular weight is 296 g/mol. The maximum Gasteiger partial charge on any atom is 0.262 e. The maximum absolute atomic E-state index is 12.1. The molecule has 0 bridgehead atoms. The normalized spacial score (nSPS) is 10.6. The third-order valence-corrected chi connectivity index (χ3v) is 4.16. The van der Waals surface area contributed by atoms with Gasteiger partial charge in [-0.25, -0.2) is 0 Å². The highest BCUT2D eigenvalue weighted by Crippen LogP contribution is 2.17. The molecule has 0 aromatic carbocycles. The van der Waals surface area contributed by atoms with E-state index in [1.807, 2.05) is 29.9 Å². The predicted octanol–water partition coefficient (Wildman–Crippen LogP) is 2.51. The van der Waals surface area contributed by atoms with E-state index in [2.05, 4.69) is 15.5 Å². The predicted molar refractivity (Wildman–Crippen MR) is 78.0 cm³/mol. The molecule has 1 amide bonds. The van der Waals surface area contributed by atoms with Gasteiger partial charge in [0.15, 0.2) is 10.6 Å². The number of amides is 1. The van der Waals surface area contributed by atoms with E-state index >= 15 is 0 Å². The molecule has 0 radical (unpaired) electrons. The van der Waals surface area contributed by atoms with Crippen molar-refractivity contribution in [2.45, 2.75) is 33.4 Å². The van der Waals surface area contributed by atoms with Gasteiger partial charge in [0.1, 0.15) is 0 Å². The lowest BCUT2D eigenvalue weighted by atomic mass is 10.2. The number of nitrogens with zero attached hydrogens (tertiary/aromatic N) is 2. The zero-order chi connectivity index (χ0) is 13.8. The van der Waals surface area contributed by atoms with Crippen LogP contribution in [0.15, 0.2) is 11.4 Å². The van der Waals surface area contributed by atoms with Crippen LogP contribution in [0.4, 0.5) is 0 Å². The minimum Gasteiger partial charge on any atom is -0.344 e. The van der Waals surface area contributed by atoms with Crippen molar-refractivity contribution in [3.63, 3.8) is 0 Å². The van der Waals surface area contributed by atoms with Crippen LogP contribution in [0.3, 0.4) is 0 Å². The van der Waals surface area contributed by atoms with Gasteiger partial charge in [-0.15, -0.1) is 11.3 Å². The Morgan fingerprint density at radius 2 is 2.37 bits per heavy atom. The smallest absolute Gasteiger partial charge is 0.262 e. The molecule has 5 nitrogen and oxygen atoms in total. The third-order valence-electron chi connectivity index (χ3n) is 2.89. The van der Waals surface area contributed by atoms with Crippen LogP contribution in [-0.4, -0.2) is 20.7 Å². The molecule has 7 heteroatoms. The lowest BCUT2D eigenvalue weighted by molar-refractivity contribution is 0.0952. The summed E-state index contributed by atoms with van der Waals surface area (Å²) in [6.45, 7) is 5.15. The van der Waals surface area contributed by atoms with Gasteiger partial charge in [-0.2, -0.15) is 5.10 Å². The first kappa shape index (κ1) is 14.0. The van der Waals surface area contributed by atoms with E-state index in [0.29, 0.717) is 11.3 Å². The Morgan fingerprint density at radius 3 is 3.05 bits per heavy atom. The second-order valence-corrected chi connectivity index (χ2v) is 5.30. The van der Waals surface area contributed by atoms with Crippen molar-refractivity contribution in [2.75, 3.05) is 0 Å². The molecule has 0 fully saturated rings. The van der Waals surface area contributed by atoms with Gasteiger partial charge in [0.2, 0.25) is 0 Å². The van der Waals surface area contributed by atoms with Gasteiger partial charge in [-0.3, -0.25) is 9.89 Å². The molecule has 0 aliphatic heterocycles. The van der Waals surface area contributed by atoms with Crippen LogP contribution >= 0.6 is 23.6 Å². The van der Waals surface area contributed by atoms with Gasteiger partial charge in [-0.1, -0.05) is 6.92 Å². The lowest BCUT2D eigenvalue weighted by Gasteiger charge is -2.06. The number of thiophene rings is 1. The Labute approximate surface area is 120 Å². The minimum absolute atomic E-state index is 0.0524. The number of aromatic nitrogens is 3. The minimum atomic E-state index is -0.0524. The summed E-state index contributed by atoms with van der Waals surface area (Å²) in [4.78, 5) is 12.9. The Hall–Kier alpha value is -1.47. The SMILES string of the molecule is CCc1ccsc1C(=O)NCc1n[nH]c(=S)n1CC. The fourth-order valence-electron chi connectivity index (χ4n) is 1.86. The second kappa shape index (κ2) is 6.12. The van der Waals surface area contributed by atoms with Gasteiger partial charge in [0.05, 0.1) is 11.4 Å². The fourth-order valence-corrected chi connectivity index (χ4v) is 3.06. The van der Waals surface area contributed by atoms with E-state index in [0.717, 1.165) is 29.2 Å². The molecule has 2 aromatic heterocycles. The molecule has 2 heterocycles. The van der Waals surface area contributed by atoms with E-state index in [1.165, 1.54) is 11.3 Å². The van der Waals surface area contributed by atoms with Gasteiger partial charge in [0, 0.05) is 6.54 Å². The molecular weight excluding hydrogens is 280 g/mol. The quantitative estimate of drug-likeness (QED) is 0.833. The van der Waals surface area contributed by atoms with Crippen molar-refractivity contribution in [1.29, 1.82) is 0 Å². The molecule has 2 aromatic rings. The third kappa shape index (κ3) is 2.93. The van der Waals surface area contributed by atoms with Gasteiger partial charge >= 0.3 is 0 Å². The summed E-state index contributed by atoms with van der Waals surface area (Å²) < 4.78 is 2.45. The number of rotatable bonds is 5. The first-order chi connectivity index (χ1) is 9.17. The van der Waals surface area contributed by atoms with Crippen LogP contribution in [0.5, 0.6) is 0 Å². The molecule has 0 atom stereocenters. The van der Waals surface area contributed by atoms with Gasteiger partial charge < -0.3 is 9.88 Å². The van der Waals surface area contributed by atoms with E-state index < -0.39 is 0 Å². The molecule has 102 valence electrons. The number of H-pyrrole nitrogens is 1. The second-order valence-electron chi connectivity index (χ2n) is 4.00. The van der Waals surface area contributed by atoms with Crippen molar-refractivity contribution in [2.24, 2.45) is 0 Å². The molecule has 0 saturated heterocycles. The molecule has 0 spiro atoms. The first-order valence-electron chi connectivity index (χ1n) is 6.16. The molecular formula is C12H16N4OS2. The van der Waals surface area contributed by atoms with E-state index in [1.54, 1.807) is 0 Å². The molecule has 0 aliphatic carbocycles. The zero-order valence-corrected chi connectivity index (χ0v) is 12.5. The Morgan fingerprint density at radius 1 is 1.58 bits per heavy atom. The topological polar surface area (TPSA) is 62.7 Å². The lowest BCUT2D eigenvalue weighted by Crippen LogP contribution is -2.24. The summed E-state index contributed by atoms with van der Waals surface area (Å²) in [7, 11) is 0. The highest BCUT2D eigenvalue weighted by Gasteiger charge is 2.13. The highest BCUT2D eigenvalue weighted by atomic mass is 32.1. The van der Waals surface area contributed by atoms with E-state index in [9.17, 15) is 4.79 Å². The number of hydrogen-bond donors (Lipinski definition) is 2. The number of hydrogen-bond acceptors (Lipinski definition) is 4. The molecule has 2 rings (SSSR count). The van der Waals surface area contributed by atoms with Crippen molar-refractivity contribution in [1.82, 2.24) is 20.1 Å². The van der Waals surface area contributed by atoms with E-state index in [-0.39, 0.29) is 5.91 Å². The summed E-state index contributed by atoms with van der Waals surface area (Å²) in [6.07, 6.45) is 0.861. The van der Waals surface area contributed by atoms with Gasteiger partial charge in [-0.05, 0) is 42.6 Å². The largest absolute Gasteiger partial charge is 0.344 e. The maximum atomic E-state index is 12.1. The van der Waals surface area contributed by atoms with Crippen LogP contribution in [-0.2, 0) is 19.5 Å². The van der Waals surface area contributed by atoms with Crippen LogP contribution in [0.2, 0.25) is 0 Å². The van der Waals surface area contributed by atoms with E-state index in [4.69, 9.17) is 12.2 Å². The number of aryl methyl sites for hydroxylation is 1. The zero-order valence-electron chi connectivity index (χ0n) is 10.9. The summed E-state index contributed by atoms with van der Waals surface area (Å²) in [5, 5.41) is 11.7. The van der Waals surface area contributed by atoms with Crippen LogP contribution in [0.25, 0.3) is 0 Å². The van der Waals surface area contributed by atoms with Crippen molar-refractivity contribution in [3.05, 3.63) is 32.5 Å². The van der Waals surface area contributed by atoms with Crippen molar-refractivity contribution >= 4 is 29.5 Å². The molecule has 0 aliphatic rings. The van der Waals surface area contributed by atoms with Crippen LogP contribution in [0, 0.1) is 4.77 Å². The van der Waals surface area contributed by atoms with Crippen LogP contribution < -0.4 is 5.32 Å². The van der Waals surface area contributed by atoms with Gasteiger partial charge in [0.25, 0.3) is 5.91 Å². The standard InChI is InChI=1S/C12H16N4OS2/c1-3-8-5-6-19-10(8)11(17)13-7-9-14-15-12(18)16(9)4-2/h5-6H,3-4,7H2,1-2H3,(H,13,17)(H,15,18). The Bertz CT molecular complexity index is 626. The van der Waals surface area contributed by atoms with Crippen LogP contribution in [0.1, 0.15) is 34.9 Å². The fraction of sp³-hybridized carbons (Fsp3) is 0.417. The number of carbonyl (C=O) groups is 1. The number of aromatic amines is 1. The Kier molecular flexibility index (Phi) is 4.49. The average Bonchev–Trinajstić information content (AvgIpc) is 3.02. The molecule has 2 N–H and O–H groups in total. The van der Waals surface area contributed by atoms with Crippen molar-refractivity contribution in [3.8, 4) is 0 Å². The Balaban J connectivity index is 2.06. The summed E-state index contributed by atoms with van der Waals surface area (Å²) >= 11 is 6.57.